The van der Waals surface area contributed by atoms with E-state index in [9.17, 15) is 24.3 Å². The number of aliphatic hydroxyl groups excluding tert-OH is 1. The first-order valence-corrected chi connectivity index (χ1v) is 12.3. The fraction of sp³-hybridized carbons (Fsp3) is 0.833. The van der Waals surface area contributed by atoms with Crippen molar-refractivity contribution < 1.29 is 43.6 Å². The fourth-order valence-corrected chi connectivity index (χ4v) is 3.62. The molecule has 0 saturated carbocycles. The van der Waals surface area contributed by atoms with Crippen LogP contribution in [-0.4, -0.2) is 65.4 Å². The number of ether oxygens (including phenoxy) is 3. The lowest BCUT2D eigenvalue weighted by Crippen LogP contribution is -2.38. The highest BCUT2D eigenvalue weighted by Crippen LogP contribution is 2.19. The number of aliphatic hydroxyl groups is 1. The minimum absolute atomic E-state index is 0.246. The highest BCUT2D eigenvalue weighted by molar-refractivity contribution is 6.09. The number of carboxylic acids is 1. The molecule has 9 heteroatoms. The fourth-order valence-electron chi connectivity index (χ4n) is 3.62. The Labute approximate surface area is 196 Å². The van der Waals surface area contributed by atoms with E-state index in [2.05, 4.69) is 6.92 Å². The summed E-state index contributed by atoms with van der Waals surface area (Å²) in [6.45, 7) is 1.89. The summed E-state index contributed by atoms with van der Waals surface area (Å²) in [4.78, 5) is 46.1. The number of hydrogen-bond donors (Lipinski definition) is 2. The Bertz CT molecular complexity index is 605. The van der Waals surface area contributed by atoms with Gasteiger partial charge in [0.2, 0.25) is 11.9 Å². The molecule has 0 aromatic carbocycles. The lowest BCUT2D eigenvalue weighted by molar-refractivity contribution is -0.158. The largest absolute Gasteiger partial charge is 0.481 e. The van der Waals surface area contributed by atoms with Crippen LogP contribution < -0.4 is 0 Å². The number of esters is 2. The number of ketones is 1. The highest BCUT2D eigenvalue weighted by atomic mass is 16.6. The number of carbonyl (C=O) groups excluding carboxylic acids is 3. The number of Topliss-reactive ketones (excluding diaryl/α,β-unsaturated/α-hetero) is 1. The first kappa shape index (κ1) is 29.0. The summed E-state index contributed by atoms with van der Waals surface area (Å²) in [7, 11) is 0. The van der Waals surface area contributed by atoms with Gasteiger partial charge < -0.3 is 24.4 Å². The van der Waals surface area contributed by atoms with Crippen LogP contribution >= 0.6 is 0 Å². The van der Waals surface area contributed by atoms with E-state index in [1.807, 2.05) is 0 Å². The summed E-state index contributed by atoms with van der Waals surface area (Å²) >= 11 is 0. The van der Waals surface area contributed by atoms with Crippen molar-refractivity contribution in [2.24, 2.45) is 0 Å². The second-order valence-corrected chi connectivity index (χ2v) is 8.54. The molecule has 0 aromatic heterocycles. The van der Waals surface area contributed by atoms with Crippen molar-refractivity contribution in [1.29, 1.82) is 0 Å². The van der Waals surface area contributed by atoms with Gasteiger partial charge in [0, 0.05) is 6.61 Å². The maximum absolute atomic E-state index is 12.3. The summed E-state index contributed by atoms with van der Waals surface area (Å²) in [5, 5.41) is 18.5. The van der Waals surface area contributed by atoms with Crippen molar-refractivity contribution in [2.45, 2.75) is 115 Å². The second kappa shape index (κ2) is 17.5. The zero-order valence-electron chi connectivity index (χ0n) is 19.8. The molecule has 0 radical (unpaired) electrons. The first-order valence-electron chi connectivity index (χ1n) is 12.3. The zero-order valence-corrected chi connectivity index (χ0v) is 19.8. The van der Waals surface area contributed by atoms with E-state index < -0.39 is 55.0 Å². The van der Waals surface area contributed by atoms with Gasteiger partial charge in [0.25, 0.3) is 0 Å². The molecule has 2 N–H and O–H groups in total. The van der Waals surface area contributed by atoms with Crippen LogP contribution in [-0.2, 0) is 33.4 Å². The molecule has 0 aromatic rings. The quantitative estimate of drug-likeness (QED) is 0.155. The molecule has 190 valence electrons. The van der Waals surface area contributed by atoms with Gasteiger partial charge in [0.05, 0.1) is 12.8 Å². The van der Waals surface area contributed by atoms with Crippen LogP contribution in [0.3, 0.4) is 0 Å². The molecule has 1 heterocycles. The number of rotatable bonds is 20. The molecule has 3 atom stereocenters. The normalized spacial score (nSPS) is 18.8. The number of carbonyl (C=O) groups is 4. The molecule has 1 aliphatic rings. The molecule has 1 saturated heterocycles. The minimum atomic E-state index is -1.53. The van der Waals surface area contributed by atoms with E-state index in [4.69, 9.17) is 19.3 Å². The number of hydrogen-bond acceptors (Lipinski definition) is 8. The average molecular weight is 473 g/mol. The molecule has 0 bridgehead atoms. The Kier molecular flexibility index (Phi) is 15.4. The predicted octanol–water partition coefficient (Wildman–Crippen LogP) is 3.34. The van der Waals surface area contributed by atoms with Crippen molar-refractivity contribution in [3.05, 3.63) is 0 Å². The van der Waals surface area contributed by atoms with Crippen LogP contribution in [0.4, 0.5) is 0 Å². The lowest BCUT2D eigenvalue weighted by Gasteiger charge is -2.15. The van der Waals surface area contributed by atoms with E-state index >= 15 is 0 Å². The van der Waals surface area contributed by atoms with Crippen LogP contribution in [0.15, 0.2) is 0 Å². The Morgan fingerprint density at radius 3 is 2.00 bits per heavy atom. The van der Waals surface area contributed by atoms with Crippen LogP contribution in [0, 0.1) is 0 Å². The maximum Gasteiger partial charge on any atom is 0.344 e. The number of aliphatic carboxylic acids is 1. The summed E-state index contributed by atoms with van der Waals surface area (Å²) < 4.78 is 15.0. The Hall–Kier alpha value is -2.00. The summed E-state index contributed by atoms with van der Waals surface area (Å²) in [6.07, 6.45) is 9.19. The molecule has 0 aliphatic carbocycles. The molecule has 1 fully saturated rings. The second-order valence-electron chi connectivity index (χ2n) is 8.54. The van der Waals surface area contributed by atoms with Gasteiger partial charge in [-0.25, -0.2) is 4.79 Å². The molecule has 1 rings (SSSR count). The molecule has 0 amide bonds. The standard InChI is InChI=1S/C24H40O9/c1-2-3-4-5-6-7-8-9-10-11-12-13-16-31-23-21(29)22(33-24(23)30)18(25)17-32-20(28)15-14-19(26)27/h18,22-23,25H,2-17H2,1H3,(H,26,27)/t18-,22+,23?/m0/s1. The summed E-state index contributed by atoms with van der Waals surface area (Å²) in [6, 6.07) is 0. The monoisotopic (exact) mass is 472 g/mol. The molecule has 33 heavy (non-hydrogen) atoms. The van der Waals surface area contributed by atoms with Crippen molar-refractivity contribution in [3.8, 4) is 0 Å². The molecule has 1 aliphatic heterocycles. The van der Waals surface area contributed by atoms with Gasteiger partial charge >= 0.3 is 17.9 Å². The maximum atomic E-state index is 12.3. The zero-order chi connectivity index (χ0) is 24.5. The van der Waals surface area contributed by atoms with Gasteiger partial charge in [0.15, 0.2) is 6.10 Å². The molecule has 1 unspecified atom stereocenters. The number of carboxylic acid groups (broad SMARTS) is 1. The SMILES string of the molecule is CCCCCCCCCCCCCCOC1C(=O)O[C@H]([C@@H](O)COC(=O)CCC(=O)O)C1=O. The molecular formula is C24H40O9. The lowest BCUT2D eigenvalue weighted by atomic mass is 10.1. The van der Waals surface area contributed by atoms with Crippen LogP contribution in [0.2, 0.25) is 0 Å². The average Bonchev–Trinajstić information content (AvgIpc) is 3.07. The molecular weight excluding hydrogens is 432 g/mol. The number of cyclic esters (lactones) is 1. The van der Waals surface area contributed by atoms with Gasteiger partial charge in [-0.15, -0.1) is 0 Å². The molecule has 0 spiro atoms. The smallest absolute Gasteiger partial charge is 0.344 e. The van der Waals surface area contributed by atoms with E-state index in [0.29, 0.717) is 0 Å². The molecule has 9 nitrogen and oxygen atoms in total. The van der Waals surface area contributed by atoms with Crippen LogP contribution in [0.5, 0.6) is 0 Å². The summed E-state index contributed by atoms with van der Waals surface area (Å²) in [5.74, 6) is -3.54. The summed E-state index contributed by atoms with van der Waals surface area (Å²) in [5.41, 5.74) is 0. The Balaban J connectivity index is 2.11. The van der Waals surface area contributed by atoms with Crippen LogP contribution in [0.25, 0.3) is 0 Å². The van der Waals surface area contributed by atoms with E-state index in [-0.39, 0.29) is 13.0 Å². The predicted molar refractivity (Wildman–Crippen MR) is 120 cm³/mol. The van der Waals surface area contributed by atoms with Gasteiger partial charge in [-0.2, -0.15) is 0 Å². The van der Waals surface area contributed by atoms with Gasteiger partial charge in [-0.1, -0.05) is 77.6 Å². The topological polar surface area (TPSA) is 136 Å². The Morgan fingerprint density at radius 1 is 0.909 bits per heavy atom. The van der Waals surface area contributed by atoms with Gasteiger partial charge in [-0.3, -0.25) is 14.4 Å². The van der Waals surface area contributed by atoms with Crippen molar-refractivity contribution in [3.63, 3.8) is 0 Å². The number of unbranched alkanes of at least 4 members (excludes halogenated alkanes) is 11. The van der Waals surface area contributed by atoms with E-state index in [1.54, 1.807) is 0 Å². The van der Waals surface area contributed by atoms with E-state index in [0.717, 1.165) is 19.3 Å². The Morgan fingerprint density at radius 2 is 1.45 bits per heavy atom. The van der Waals surface area contributed by atoms with Gasteiger partial charge in [-0.05, 0) is 6.42 Å². The third kappa shape index (κ3) is 12.7. The minimum Gasteiger partial charge on any atom is -0.481 e. The third-order valence-electron chi connectivity index (χ3n) is 5.59. The highest BCUT2D eigenvalue weighted by Gasteiger charge is 2.48. The third-order valence-corrected chi connectivity index (χ3v) is 5.59. The van der Waals surface area contributed by atoms with Crippen molar-refractivity contribution in [1.82, 2.24) is 0 Å². The van der Waals surface area contributed by atoms with Crippen molar-refractivity contribution in [2.75, 3.05) is 13.2 Å². The van der Waals surface area contributed by atoms with E-state index in [1.165, 1.54) is 57.8 Å². The van der Waals surface area contributed by atoms with Gasteiger partial charge in [0.1, 0.15) is 12.7 Å². The first-order chi connectivity index (χ1) is 15.9. The van der Waals surface area contributed by atoms with Crippen LogP contribution in [0.1, 0.15) is 96.8 Å². The van der Waals surface area contributed by atoms with Crippen molar-refractivity contribution >= 4 is 23.7 Å².